The molecule has 13 heavy (non-hydrogen) atoms. The van der Waals surface area contributed by atoms with E-state index in [4.69, 9.17) is 10.8 Å². The zero-order valence-electron chi connectivity index (χ0n) is 6.92. The van der Waals surface area contributed by atoms with Gasteiger partial charge in [-0.2, -0.15) is 0 Å². The van der Waals surface area contributed by atoms with Gasteiger partial charge in [-0.25, -0.2) is 0 Å². The fourth-order valence-electron chi connectivity index (χ4n) is 0.988. The summed E-state index contributed by atoms with van der Waals surface area (Å²) in [6.07, 6.45) is -2.80. The first-order chi connectivity index (χ1) is 6.13. The second-order valence-electron chi connectivity index (χ2n) is 2.70. The van der Waals surface area contributed by atoms with Gasteiger partial charge < -0.3 is 15.9 Å². The molecule has 70 valence electrons. The van der Waals surface area contributed by atoms with Crippen LogP contribution in [0.2, 0.25) is 0 Å². The van der Waals surface area contributed by atoms with Crippen LogP contribution in [0.4, 0.5) is 0 Å². The molecule has 0 aromatic heterocycles. The van der Waals surface area contributed by atoms with E-state index in [0.717, 1.165) is 0 Å². The number of aliphatic hydroxyl groups is 2. The number of amides is 1. The minimum Gasteiger partial charge on any atom is -0.385 e. The maximum absolute atomic E-state index is 10.5. The number of rotatable bonds is 3. The van der Waals surface area contributed by atoms with E-state index in [1.54, 1.807) is 30.3 Å². The summed E-state index contributed by atoms with van der Waals surface area (Å²) in [5, 5.41) is 18.5. The Bertz CT molecular complexity index is 286. The van der Waals surface area contributed by atoms with Gasteiger partial charge in [0, 0.05) is 0 Å². The number of hydrogen-bond donors (Lipinski definition) is 3. The van der Waals surface area contributed by atoms with Crippen molar-refractivity contribution in [3.05, 3.63) is 35.9 Å². The lowest BCUT2D eigenvalue weighted by molar-refractivity contribution is -0.131. The first-order valence-electron chi connectivity index (χ1n) is 3.83. The molecule has 4 nitrogen and oxygen atoms in total. The quantitative estimate of drug-likeness (QED) is 0.591. The molecule has 1 aromatic carbocycles. The molecule has 0 aliphatic carbocycles. The number of benzene rings is 1. The third kappa shape index (κ3) is 2.27. The molecule has 0 fully saturated rings. The van der Waals surface area contributed by atoms with E-state index in [0.29, 0.717) is 5.56 Å². The summed E-state index contributed by atoms with van der Waals surface area (Å²) in [4.78, 5) is 10.5. The normalized spacial score (nSPS) is 14.9. The molecule has 0 heterocycles. The molecule has 0 radical (unpaired) electrons. The van der Waals surface area contributed by atoms with Crippen molar-refractivity contribution in [1.29, 1.82) is 0 Å². The molecule has 1 aromatic rings. The first-order valence-corrected chi connectivity index (χ1v) is 3.83. The summed E-state index contributed by atoms with van der Waals surface area (Å²) >= 11 is 0. The van der Waals surface area contributed by atoms with Crippen molar-refractivity contribution in [2.75, 3.05) is 0 Å². The third-order valence-electron chi connectivity index (χ3n) is 1.73. The Balaban J connectivity index is 2.79. The van der Waals surface area contributed by atoms with Crippen LogP contribution in [-0.4, -0.2) is 22.2 Å². The predicted octanol–water partition coefficient (Wildman–Crippen LogP) is -0.434. The topological polar surface area (TPSA) is 83.6 Å². The zero-order valence-corrected chi connectivity index (χ0v) is 6.92. The van der Waals surface area contributed by atoms with Crippen LogP contribution in [0.3, 0.4) is 0 Å². The fourth-order valence-corrected chi connectivity index (χ4v) is 0.988. The molecule has 0 aliphatic heterocycles. The second-order valence-corrected chi connectivity index (χ2v) is 2.70. The molecular formula is C9H11NO3. The van der Waals surface area contributed by atoms with E-state index in [1.807, 2.05) is 0 Å². The molecule has 4 heteroatoms. The maximum Gasteiger partial charge on any atom is 0.249 e. The Morgan fingerprint density at radius 2 is 1.77 bits per heavy atom. The van der Waals surface area contributed by atoms with E-state index in [-0.39, 0.29) is 0 Å². The van der Waals surface area contributed by atoms with Crippen molar-refractivity contribution in [2.24, 2.45) is 5.73 Å². The van der Waals surface area contributed by atoms with E-state index in [2.05, 4.69) is 0 Å². The lowest BCUT2D eigenvalue weighted by atomic mass is 10.0. The van der Waals surface area contributed by atoms with Gasteiger partial charge >= 0.3 is 0 Å². The Hall–Kier alpha value is -1.39. The molecule has 2 atom stereocenters. The average molecular weight is 181 g/mol. The number of primary amides is 1. The fraction of sp³-hybridized carbons (Fsp3) is 0.222. The van der Waals surface area contributed by atoms with Crippen LogP contribution in [0, 0.1) is 0 Å². The van der Waals surface area contributed by atoms with Gasteiger partial charge in [0.25, 0.3) is 0 Å². The van der Waals surface area contributed by atoms with Crippen LogP contribution in [0.1, 0.15) is 11.7 Å². The summed E-state index contributed by atoms with van der Waals surface area (Å²) in [6, 6.07) is 8.39. The lowest BCUT2D eigenvalue weighted by Crippen LogP contribution is -2.33. The minimum atomic E-state index is -1.55. The van der Waals surface area contributed by atoms with Crippen LogP contribution in [0.5, 0.6) is 0 Å². The molecule has 0 saturated carbocycles. The average Bonchev–Trinajstić information content (AvgIpc) is 2.17. The largest absolute Gasteiger partial charge is 0.385 e. The van der Waals surface area contributed by atoms with Gasteiger partial charge in [0.15, 0.2) is 6.10 Å². The molecule has 4 N–H and O–H groups in total. The highest BCUT2D eigenvalue weighted by Crippen LogP contribution is 2.15. The first kappa shape index (κ1) is 9.70. The zero-order chi connectivity index (χ0) is 9.84. The number of carbonyl (C=O) groups excluding carboxylic acids is 1. The van der Waals surface area contributed by atoms with Crippen LogP contribution in [-0.2, 0) is 4.79 Å². The van der Waals surface area contributed by atoms with Crippen LogP contribution in [0.15, 0.2) is 30.3 Å². The second kappa shape index (κ2) is 4.02. The van der Waals surface area contributed by atoms with Crippen molar-refractivity contribution >= 4 is 5.91 Å². The summed E-state index contributed by atoms with van der Waals surface area (Å²) in [5.41, 5.74) is 5.29. The van der Waals surface area contributed by atoms with Gasteiger partial charge in [-0.3, -0.25) is 4.79 Å². The van der Waals surface area contributed by atoms with Gasteiger partial charge in [0.05, 0.1) is 0 Å². The molecule has 1 amide bonds. The van der Waals surface area contributed by atoms with Crippen LogP contribution >= 0.6 is 0 Å². The molecular weight excluding hydrogens is 170 g/mol. The smallest absolute Gasteiger partial charge is 0.249 e. The van der Waals surface area contributed by atoms with Crippen LogP contribution in [0.25, 0.3) is 0 Å². The molecule has 0 aliphatic rings. The minimum absolute atomic E-state index is 0.466. The Morgan fingerprint density at radius 1 is 1.23 bits per heavy atom. The number of aliphatic hydroxyl groups excluding tert-OH is 2. The third-order valence-corrected chi connectivity index (χ3v) is 1.73. The summed E-state index contributed by atoms with van der Waals surface area (Å²) in [6.45, 7) is 0. The van der Waals surface area contributed by atoms with Crippen LogP contribution < -0.4 is 5.73 Å². The van der Waals surface area contributed by atoms with Gasteiger partial charge in [-0.15, -0.1) is 0 Å². The molecule has 0 saturated heterocycles. The Labute approximate surface area is 75.6 Å². The van der Waals surface area contributed by atoms with Gasteiger partial charge in [-0.05, 0) is 5.56 Å². The van der Waals surface area contributed by atoms with Gasteiger partial charge in [-0.1, -0.05) is 30.3 Å². The molecule has 2 unspecified atom stereocenters. The van der Waals surface area contributed by atoms with E-state index in [9.17, 15) is 9.90 Å². The number of carbonyl (C=O) groups is 1. The highest BCUT2D eigenvalue weighted by atomic mass is 16.3. The molecule has 0 bridgehead atoms. The highest BCUT2D eigenvalue weighted by molar-refractivity contribution is 5.79. The predicted molar refractivity (Wildman–Crippen MR) is 46.6 cm³/mol. The SMILES string of the molecule is NC(=O)C(O)C(O)c1ccccc1. The van der Waals surface area contributed by atoms with Gasteiger partial charge in [0.2, 0.25) is 5.91 Å². The van der Waals surface area contributed by atoms with Gasteiger partial charge in [0.1, 0.15) is 6.10 Å². The summed E-state index contributed by atoms with van der Waals surface area (Å²) in [5.74, 6) is -0.934. The van der Waals surface area contributed by atoms with Crippen molar-refractivity contribution < 1.29 is 15.0 Å². The monoisotopic (exact) mass is 181 g/mol. The van der Waals surface area contributed by atoms with E-state index in [1.165, 1.54) is 0 Å². The standard InChI is InChI=1S/C9H11NO3/c10-9(13)8(12)7(11)6-4-2-1-3-5-6/h1-5,7-8,11-12H,(H2,10,13). The highest BCUT2D eigenvalue weighted by Gasteiger charge is 2.22. The maximum atomic E-state index is 10.5. The van der Waals surface area contributed by atoms with E-state index < -0.39 is 18.1 Å². The summed E-state index contributed by atoms with van der Waals surface area (Å²) < 4.78 is 0. The Morgan fingerprint density at radius 3 is 2.23 bits per heavy atom. The van der Waals surface area contributed by atoms with Crippen molar-refractivity contribution in [3.63, 3.8) is 0 Å². The summed E-state index contributed by atoms with van der Waals surface area (Å²) in [7, 11) is 0. The molecule has 0 spiro atoms. The van der Waals surface area contributed by atoms with Crippen molar-refractivity contribution in [2.45, 2.75) is 12.2 Å². The van der Waals surface area contributed by atoms with E-state index >= 15 is 0 Å². The lowest BCUT2D eigenvalue weighted by Gasteiger charge is -2.14. The number of nitrogens with two attached hydrogens (primary N) is 1. The number of hydrogen-bond acceptors (Lipinski definition) is 3. The van der Waals surface area contributed by atoms with Crippen molar-refractivity contribution in [1.82, 2.24) is 0 Å². The van der Waals surface area contributed by atoms with Crippen molar-refractivity contribution in [3.8, 4) is 0 Å². The molecule has 1 rings (SSSR count). The Kier molecular flexibility index (Phi) is 3.00.